The molecule has 2 saturated heterocycles. The number of benzene rings is 1. The SMILES string of the molecule is Cc1nn(C2CCC(=O)NC2=O)c2cccc(-c3cncnc3N3CCN(CC4CCC(n5cc(N)c(C(F)F)n5)CC4)CC3)c12. The summed E-state index contributed by atoms with van der Waals surface area (Å²) in [6.07, 6.45) is 6.90. The van der Waals surface area contributed by atoms with Crippen molar-refractivity contribution in [2.24, 2.45) is 5.92 Å². The van der Waals surface area contributed by atoms with Gasteiger partial charge in [-0.2, -0.15) is 10.2 Å². The zero-order valence-corrected chi connectivity index (χ0v) is 25.8. The summed E-state index contributed by atoms with van der Waals surface area (Å²) in [7, 11) is 0. The smallest absolute Gasteiger partial charge is 0.284 e. The minimum Gasteiger partial charge on any atom is -0.396 e. The van der Waals surface area contributed by atoms with Gasteiger partial charge in [-0.25, -0.2) is 18.7 Å². The Morgan fingerprint density at radius 2 is 1.80 bits per heavy atom. The van der Waals surface area contributed by atoms with E-state index in [-0.39, 0.29) is 35.7 Å². The Hall–Kier alpha value is -4.46. The highest BCUT2D eigenvalue weighted by molar-refractivity contribution is 6.02. The van der Waals surface area contributed by atoms with Gasteiger partial charge >= 0.3 is 0 Å². The average Bonchev–Trinajstić information content (AvgIpc) is 3.62. The van der Waals surface area contributed by atoms with E-state index in [1.807, 2.05) is 31.3 Å². The van der Waals surface area contributed by atoms with Gasteiger partial charge in [0.2, 0.25) is 5.91 Å². The third-order valence-electron chi connectivity index (χ3n) is 9.77. The molecule has 2 amide bonds. The monoisotopic (exact) mass is 632 g/mol. The van der Waals surface area contributed by atoms with E-state index in [2.05, 4.69) is 25.2 Å². The standard InChI is InChI=1S/C32H38F2N10O2/c1-19-28-22(3-2-4-25(28)44(39-19)26-9-10-27(45)38-32(26)46)23-15-36-18-37-31(23)42-13-11-41(12-14-42)16-20-5-7-21(8-6-20)43-17-24(35)29(40-43)30(33)34/h2-4,15,17-18,20-21,26,30H,5-14,16,35H2,1H3,(H,38,45,46). The molecule has 3 aliphatic rings. The molecule has 0 radical (unpaired) electrons. The molecule has 5 heterocycles. The van der Waals surface area contributed by atoms with E-state index < -0.39 is 12.5 Å². The fourth-order valence-electron chi connectivity index (χ4n) is 7.40. The maximum absolute atomic E-state index is 13.1. The fourth-order valence-corrected chi connectivity index (χ4v) is 7.40. The summed E-state index contributed by atoms with van der Waals surface area (Å²) in [5, 5.41) is 12.2. The lowest BCUT2D eigenvalue weighted by Gasteiger charge is -2.39. The summed E-state index contributed by atoms with van der Waals surface area (Å²) < 4.78 is 29.7. The molecule has 0 spiro atoms. The molecule has 14 heteroatoms. The van der Waals surface area contributed by atoms with Gasteiger partial charge in [0.15, 0.2) is 5.69 Å². The lowest BCUT2D eigenvalue weighted by atomic mass is 9.85. The van der Waals surface area contributed by atoms with E-state index in [0.717, 1.165) is 91.9 Å². The molecule has 1 unspecified atom stereocenters. The van der Waals surface area contributed by atoms with E-state index in [0.29, 0.717) is 12.3 Å². The van der Waals surface area contributed by atoms with Gasteiger partial charge in [-0.3, -0.25) is 29.2 Å². The molecule has 46 heavy (non-hydrogen) atoms. The molecular weight excluding hydrogens is 594 g/mol. The number of aryl methyl sites for hydroxylation is 1. The number of nitrogen functional groups attached to an aromatic ring is 1. The number of rotatable bonds is 7. The Bertz CT molecular complexity index is 1750. The molecule has 7 rings (SSSR count). The number of imide groups is 1. The van der Waals surface area contributed by atoms with Crippen molar-refractivity contribution < 1.29 is 18.4 Å². The van der Waals surface area contributed by atoms with E-state index in [1.165, 1.54) is 0 Å². The number of alkyl halides is 2. The summed E-state index contributed by atoms with van der Waals surface area (Å²) in [5.74, 6) is 0.851. The first-order valence-corrected chi connectivity index (χ1v) is 16.0. The van der Waals surface area contributed by atoms with Crippen molar-refractivity contribution in [3.8, 4) is 11.1 Å². The van der Waals surface area contributed by atoms with E-state index in [4.69, 9.17) is 15.8 Å². The molecule has 3 aromatic heterocycles. The normalized spacial score (nSPS) is 23.0. The number of anilines is 2. The molecule has 1 aromatic carbocycles. The van der Waals surface area contributed by atoms with Crippen molar-refractivity contribution in [1.82, 2.24) is 39.7 Å². The largest absolute Gasteiger partial charge is 0.396 e. The third kappa shape index (κ3) is 5.70. The summed E-state index contributed by atoms with van der Waals surface area (Å²) in [4.78, 5) is 38.4. The second kappa shape index (κ2) is 12.4. The van der Waals surface area contributed by atoms with Gasteiger partial charge < -0.3 is 10.6 Å². The van der Waals surface area contributed by atoms with Crippen LogP contribution in [0.2, 0.25) is 0 Å². The number of aromatic nitrogens is 6. The van der Waals surface area contributed by atoms with Crippen LogP contribution in [0, 0.1) is 12.8 Å². The molecular formula is C32H38F2N10O2. The van der Waals surface area contributed by atoms with Crippen molar-refractivity contribution in [3.05, 3.63) is 48.3 Å². The number of piperidine rings is 1. The Balaban J connectivity index is 1.02. The van der Waals surface area contributed by atoms with Gasteiger partial charge in [-0.15, -0.1) is 0 Å². The number of hydrogen-bond acceptors (Lipinski definition) is 9. The van der Waals surface area contributed by atoms with Crippen molar-refractivity contribution in [3.63, 3.8) is 0 Å². The van der Waals surface area contributed by atoms with Crippen molar-refractivity contribution >= 4 is 34.2 Å². The molecule has 1 aliphatic carbocycles. The van der Waals surface area contributed by atoms with Gasteiger partial charge in [0.25, 0.3) is 12.3 Å². The zero-order valence-electron chi connectivity index (χ0n) is 25.8. The van der Waals surface area contributed by atoms with E-state index in [9.17, 15) is 18.4 Å². The van der Waals surface area contributed by atoms with Crippen molar-refractivity contribution in [2.45, 2.75) is 64.0 Å². The maximum atomic E-state index is 13.1. The number of piperazine rings is 1. The number of nitrogens with one attached hydrogen (secondary N) is 1. The van der Waals surface area contributed by atoms with Gasteiger partial charge in [0, 0.05) is 62.5 Å². The molecule has 242 valence electrons. The molecule has 3 N–H and O–H groups in total. The topological polar surface area (TPSA) is 140 Å². The predicted molar refractivity (Wildman–Crippen MR) is 168 cm³/mol. The second-order valence-electron chi connectivity index (χ2n) is 12.7. The van der Waals surface area contributed by atoms with Crippen molar-refractivity contribution in [1.29, 1.82) is 0 Å². The van der Waals surface area contributed by atoms with Gasteiger partial charge in [0.05, 0.1) is 22.9 Å². The Labute approximate surface area is 264 Å². The zero-order chi connectivity index (χ0) is 31.9. The first-order valence-electron chi connectivity index (χ1n) is 16.0. The molecule has 2 aliphatic heterocycles. The number of hydrogen-bond donors (Lipinski definition) is 2. The highest BCUT2D eigenvalue weighted by Crippen LogP contribution is 2.38. The molecule has 3 fully saturated rings. The number of nitrogens with two attached hydrogens (primary N) is 1. The second-order valence-corrected chi connectivity index (χ2v) is 12.7. The highest BCUT2D eigenvalue weighted by Gasteiger charge is 2.32. The van der Waals surface area contributed by atoms with Crippen LogP contribution in [0.25, 0.3) is 22.0 Å². The van der Waals surface area contributed by atoms with Crippen LogP contribution in [0.3, 0.4) is 0 Å². The maximum Gasteiger partial charge on any atom is 0.284 e. The number of carbonyl (C=O) groups excluding carboxylic acids is 2. The van der Waals surface area contributed by atoms with Crippen LogP contribution < -0.4 is 16.0 Å². The summed E-state index contributed by atoms with van der Waals surface area (Å²) >= 11 is 0. The van der Waals surface area contributed by atoms with Crippen molar-refractivity contribution in [2.75, 3.05) is 43.4 Å². The number of fused-ring (bicyclic) bond motifs is 1. The van der Waals surface area contributed by atoms with Crippen LogP contribution in [0.5, 0.6) is 0 Å². The molecule has 1 atom stereocenters. The van der Waals surface area contributed by atoms with E-state index >= 15 is 0 Å². The van der Waals surface area contributed by atoms with Crippen LogP contribution in [0.15, 0.2) is 36.9 Å². The minimum atomic E-state index is -2.66. The third-order valence-corrected chi connectivity index (χ3v) is 9.77. The summed E-state index contributed by atoms with van der Waals surface area (Å²) in [6, 6.07) is 5.55. The van der Waals surface area contributed by atoms with E-state index in [1.54, 1.807) is 21.9 Å². The molecule has 0 bridgehead atoms. The number of amides is 2. The van der Waals surface area contributed by atoms with Gasteiger partial charge in [0.1, 0.15) is 18.2 Å². The Morgan fingerprint density at radius 1 is 1.02 bits per heavy atom. The summed E-state index contributed by atoms with van der Waals surface area (Å²) in [6.45, 7) is 6.43. The summed E-state index contributed by atoms with van der Waals surface area (Å²) in [5.41, 5.74) is 9.02. The number of carbonyl (C=O) groups is 2. The lowest BCUT2D eigenvalue weighted by Crippen LogP contribution is -2.48. The molecule has 4 aromatic rings. The fraction of sp³-hybridized carbons (Fsp3) is 0.500. The van der Waals surface area contributed by atoms with Gasteiger partial charge in [-0.05, 0) is 56.6 Å². The number of nitrogens with zero attached hydrogens (tertiary/aromatic N) is 8. The highest BCUT2D eigenvalue weighted by atomic mass is 19.3. The quantitative estimate of drug-likeness (QED) is 0.289. The van der Waals surface area contributed by atoms with Crippen LogP contribution in [0.4, 0.5) is 20.3 Å². The minimum absolute atomic E-state index is 0.0657. The average molecular weight is 633 g/mol. The van der Waals surface area contributed by atoms with Crippen LogP contribution in [0.1, 0.15) is 68.4 Å². The first-order chi connectivity index (χ1) is 22.3. The van der Waals surface area contributed by atoms with Crippen LogP contribution in [-0.2, 0) is 9.59 Å². The lowest BCUT2D eigenvalue weighted by molar-refractivity contribution is -0.135. The molecule has 1 saturated carbocycles. The predicted octanol–water partition coefficient (Wildman–Crippen LogP) is 4.05. The Morgan fingerprint density at radius 3 is 2.52 bits per heavy atom. The van der Waals surface area contributed by atoms with Crippen LogP contribution >= 0.6 is 0 Å². The number of halogens is 2. The Kier molecular flexibility index (Phi) is 8.13. The van der Waals surface area contributed by atoms with Gasteiger partial charge in [-0.1, -0.05) is 12.1 Å². The van der Waals surface area contributed by atoms with Crippen LogP contribution in [-0.4, -0.2) is 79.0 Å². The first kappa shape index (κ1) is 30.2. The molecule has 12 nitrogen and oxygen atoms in total.